The molecule has 1 aliphatic rings. The topological polar surface area (TPSA) is 50.4 Å². The van der Waals surface area contributed by atoms with Crippen LogP contribution >= 0.6 is 0 Å². The van der Waals surface area contributed by atoms with Crippen molar-refractivity contribution in [1.82, 2.24) is 5.32 Å². The molecule has 0 aromatic carbocycles. The van der Waals surface area contributed by atoms with Gasteiger partial charge in [0.15, 0.2) is 5.96 Å². The van der Waals surface area contributed by atoms with Gasteiger partial charge in [-0.1, -0.05) is 0 Å². The monoisotopic (exact) mass is 96.1 g/mol. The summed E-state index contributed by atoms with van der Waals surface area (Å²) in [6.45, 7) is 0.745. The lowest BCUT2D eigenvalue weighted by Crippen LogP contribution is -2.32. The van der Waals surface area contributed by atoms with Crippen LogP contribution in [0.15, 0.2) is 11.1 Å². The van der Waals surface area contributed by atoms with E-state index in [0.29, 0.717) is 5.96 Å². The van der Waals surface area contributed by atoms with Crippen LogP contribution in [0, 0.1) is 6.20 Å². The van der Waals surface area contributed by atoms with Gasteiger partial charge in [0.25, 0.3) is 0 Å². The van der Waals surface area contributed by atoms with E-state index >= 15 is 0 Å². The molecule has 37 valence electrons. The average Bonchev–Trinajstić information content (AvgIpc) is 1.69. The molecule has 0 saturated carbocycles. The van der Waals surface area contributed by atoms with Gasteiger partial charge >= 0.3 is 0 Å². The van der Waals surface area contributed by atoms with Crippen LogP contribution in [-0.2, 0) is 0 Å². The lowest BCUT2D eigenvalue weighted by Gasteiger charge is -2.01. The minimum Gasteiger partial charge on any atom is -0.370 e. The standard InChI is InChI=1S/C4H6N3/c5-4-6-2-1-3-7-4/h1H,2H2,(H3,5,6,7). The number of hydrogen-bond donors (Lipinski definition) is 2. The third kappa shape index (κ3) is 0.924. The second-order valence-electron chi connectivity index (χ2n) is 1.21. The number of aliphatic imine (C=N–C) groups is 1. The van der Waals surface area contributed by atoms with Gasteiger partial charge < -0.3 is 11.1 Å². The van der Waals surface area contributed by atoms with Gasteiger partial charge in [-0.25, -0.2) is 4.99 Å². The quantitative estimate of drug-likeness (QED) is 0.415. The van der Waals surface area contributed by atoms with Crippen molar-refractivity contribution in [2.75, 3.05) is 6.54 Å². The van der Waals surface area contributed by atoms with Crippen molar-refractivity contribution in [3.63, 3.8) is 0 Å². The molecule has 0 atom stereocenters. The minimum atomic E-state index is 0.447. The number of guanidine groups is 1. The van der Waals surface area contributed by atoms with Gasteiger partial charge in [-0.3, -0.25) is 0 Å². The predicted molar refractivity (Wildman–Crippen MR) is 27.4 cm³/mol. The summed E-state index contributed by atoms with van der Waals surface area (Å²) in [6, 6.07) is 0. The normalized spacial score (nSPS) is 18.0. The number of nitrogens with zero attached hydrogens (tertiary/aromatic N) is 1. The Kier molecular flexibility index (Phi) is 0.978. The van der Waals surface area contributed by atoms with Crippen LogP contribution in [0.25, 0.3) is 0 Å². The molecule has 1 rings (SSSR count). The molecule has 0 aromatic heterocycles. The zero-order valence-electron chi connectivity index (χ0n) is 3.81. The lowest BCUT2D eigenvalue weighted by atomic mass is 10.5. The molecule has 0 aromatic rings. The number of rotatable bonds is 0. The second-order valence-corrected chi connectivity index (χ2v) is 1.21. The van der Waals surface area contributed by atoms with E-state index in [1.165, 1.54) is 0 Å². The molecule has 0 bridgehead atoms. The Hall–Kier alpha value is -0.990. The van der Waals surface area contributed by atoms with Crippen molar-refractivity contribution >= 4 is 5.96 Å². The summed E-state index contributed by atoms with van der Waals surface area (Å²) in [5.41, 5.74) is 5.19. The van der Waals surface area contributed by atoms with Crippen molar-refractivity contribution in [2.24, 2.45) is 10.7 Å². The van der Waals surface area contributed by atoms with Crippen molar-refractivity contribution in [2.45, 2.75) is 0 Å². The summed E-state index contributed by atoms with van der Waals surface area (Å²) >= 11 is 0. The first kappa shape index (κ1) is 4.18. The second kappa shape index (κ2) is 1.64. The van der Waals surface area contributed by atoms with E-state index in [1.807, 2.05) is 0 Å². The molecule has 1 radical (unpaired) electrons. The van der Waals surface area contributed by atoms with Gasteiger partial charge in [-0.2, -0.15) is 0 Å². The molecule has 0 spiro atoms. The predicted octanol–water partition coefficient (Wildman–Crippen LogP) is -0.779. The fourth-order valence-corrected chi connectivity index (χ4v) is 0.356. The Morgan fingerprint density at radius 1 is 2.00 bits per heavy atom. The van der Waals surface area contributed by atoms with Gasteiger partial charge in [0.05, 0.1) is 6.20 Å². The SMILES string of the molecule is NC1=N[C]=CCN1. The molecule has 3 N–H and O–H groups in total. The maximum absolute atomic E-state index is 5.19. The highest BCUT2D eigenvalue weighted by Gasteiger charge is 1.88. The molecule has 0 amide bonds. The fraction of sp³-hybridized carbons (Fsp3) is 0.250. The average molecular weight is 96.1 g/mol. The third-order valence-corrected chi connectivity index (χ3v) is 0.662. The summed E-state index contributed by atoms with van der Waals surface area (Å²) < 4.78 is 0. The summed E-state index contributed by atoms with van der Waals surface area (Å²) in [5, 5.41) is 2.79. The lowest BCUT2D eigenvalue weighted by molar-refractivity contribution is 0.986. The molecular weight excluding hydrogens is 90.1 g/mol. The molecule has 0 fully saturated rings. The number of nitrogens with one attached hydrogen (secondary N) is 1. The first-order valence-electron chi connectivity index (χ1n) is 2.04. The largest absolute Gasteiger partial charge is 0.370 e. The molecule has 3 heteroatoms. The molecule has 7 heavy (non-hydrogen) atoms. The molecular formula is C4H6N3. The first-order chi connectivity index (χ1) is 3.39. The Morgan fingerprint density at radius 3 is 3.14 bits per heavy atom. The Balaban J connectivity index is 2.57. The van der Waals surface area contributed by atoms with Crippen LogP contribution in [0.4, 0.5) is 0 Å². The van der Waals surface area contributed by atoms with E-state index in [9.17, 15) is 0 Å². The smallest absolute Gasteiger partial charge is 0.194 e. The van der Waals surface area contributed by atoms with E-state index in [-0.39, 0.29) is 0 Å². The summed E-state index contributed by atoms with van der Waals surface area (Å²) in [4.78, 5) is 3.61. The highest BCUT2D eigenvalue weighted by atomic mass is 15.1. The van der Waals surface area contributed by atoms with Crippen molar-refractivity contribution in [3.8, 4) is 0 Å². The van der Waals surface area contributed by atoms with Gasteiger partial charge in [-0.15, -0.1) is 0 Å². The van der Waals surface area contributed by atoms with Crippen molar-refractivity contribution in [3.05, 3.63) is 12.3 Å². The number of nitrogens with two attached hydrogens (primary N) is 1. The molecule has 0 unspecified atom stereocenters. The molecule has 3 nitrogen and oxygen atoms in total. The van der Waals surface area contributed by atoms with E-state index in [0.717, 1.165) is 6.54 Å². The van der Waals surface area contributed by atoms with E-state index in [2.05, 4.69) is 16.5 Å². The van der Waals surface area contributed by atoms with Crippen molar-refractivity contribution in [1.29, 1.82) is 0 Å². The van der Waals surface area contributed by atoms with E-state index < -0.39 is 0 Å². The zero-order chi connectivity index (χ0) is 5.11. The van der Waals surface area contributed by atoms with E-state index in [1.54, 1.807) is 6.08 Å². The maximum Gasteiger partial charge on any atom is 0.194 e. The highest BCUT2D eigenvalue weighted by Crippen LogP contribution is 1.76. The number of hydrogen-bond acceptors (Lipinski definition) is 3. The summed E-state index contributed by atoms with van der Waals surface area (Å²) in [5.74, 6) is 0.447. The summed E-state index contributed by atoms with van der Waals surface area (Å²) in [6.07, 6.45) is 4.38. The van der Waals surface area contributed by atoms with E-state index in [4.69, 9.17) is 5.73 Å². The van der Waals surface area contributed by atoms with Crippen LogP contribution in [0.3, 0.4) is 0 Å². The third-order valence-electron chi connectivity index (χ3n) is 0.662. The van der Waals surface area contributed by atoms with Gasteiger partial charge in [0.2, 0.25) is 0 Å². The Labute approximate surface area is 41.9 Å². The zero-order valence-corrected chi connectivity index (χ0v) is 3.81. The molecule has 1 heterocycles. The Morgan fingerprint density at radius 2 is 2.86 bits per heavy atom. The van der Waals surface area contributed by atoms with Crippen LogP contribution in [-0.4, -0.2) is 12.5 Å². The van der Waals surface area contributed by atoms with Crippen LogP contribution in [0.5, 0.6) is 0 Å². The van der Waals surface area contributed by atoms with Crippen molar-refractivity contribution < 1.29 is 0 Å². The van der Waals surface area contributed by atoms with Gasteiger partial charge in [0, 0.05) is 6.54 Å². The Bertz CT molecular complexity index is 114. The van der Waals surface area contributed by atoms with Gasteiger partial charge in [-0.05, 0) is 6.08 Å². The molecule has 1 aliphatic heterocycles. The van der Waals surface area contributed by atoms with Crippen LogP contribution < -0.4 is 11.1 Å². The highest BCUT2D eigenvalue weighted by molar-refractivity contribution is 5.78. The fourth-order valence-electron chi connectivity index (χ4n) is 0.356. The maximum atomic E-state index is 5.19. The van der Waals surface area contributed by atoms with Gasteiger partial charge in [0.1, 0.15) is 0 Å². The van der Waals surface area contributed by atoms with Crippen LogP contribution in [0.1, 0.15) is 0 Å². The molecule has 0 aliphatic carbocycles. The minimum absolute atomic E-state index is 0.447. The van der Waals surface area contributed by atoms with Crippen LogP contribution in [0.2, 0.25) is 0 Å². The summed E-state index contributed by atoms with van der Waals surface area (Å²) in [7, 11) is 0. The first-order valence-corrected chi connectivity index (χ1v) is 2.04. The molecule has 0 saturated heterocycles.